The molecule has 2 atom stereocenters. The lowest BCUT2D eigenvalue weighted by molar-refractivity contribution is -0.210. The van der Waals surface area contributed by atoms with Gasteiger partial charge in [-0.2, -0.15) is 0 Å². The van der Waals surface area contributed by atoms with Gasteiger partial charge in [0.2, 0.25) is 0 Å². The van der Waals surface area contributed by atoms with Crippen LogP contribution >= 0.6 is 0 Å². The molecule has 2 unspecified atom stereocenters. The van der Waals surface area contributed by atoms with Crippen LogP contribution in [0.15, 0.2) is 4.99 Å². The second kappa shape index (κ2) is 6.48. The highest BCUT2D eigenvalue weighted by atomic mass is 16.7. The number of hydrogen-bond donors (Lipinski definition) is 1. The van der Waals surface area contributed by atoms with Crippen molar-refractivity contribution in [3.8, 4) is 0 Å². The van der Waals surface area contributed by atoms with Crippen LogP contribution in [0.25, 0.3) is 0 Å². The lowest BCUT2D eigenvalue weighted by atomic mass is 10.1. The van der Waals surface area contributed by atoms with E-state index < -0.39 is 5.79 Å². The molecule has 3 aliphatic rings. The van der Waals surface area contributed by atoms with Crippen molar-refractivity contribution in [3.05, 3.63) is 0 Å². The molecule has 0 aromatic carbocycles. The Hall–Kier alpha value is -0.890. The van der Waals surface area contributed by atoms with Crippen LogP contribution in [0.2, 0.25) is 0 Å². The molecule has 0 saturated carbocycles. The highest BCUT2D eigenvalue weighted by Crippen LogP contribution is 2.33. The van der Waals surface area contributed by atoms with Gasteiger partial charge < -0.3 is 29.6 Å². The van der Waals surface area contributed by atoms with Gasteiger partial charge in [-0.25, -0.2) is 0 Å². The Balaban J connectivity index is 1.49. The van der Waals surface area contributed by atoms with Crippen LogP contribution in [-0.4, -0.2) is 74.9 Å². The molecule has 21 heavy (non-hydrogen) atoms. The fraction of sp³-hybridized carbons (Fsp3) is 0.929. The number of aliphatic imine (C=N–C) groups is 1. The predicted molar refractivity (Wildman–Crippen MR) is 77.1 cm³/mol. The molecule has 0 radical (unpaired) electrons. The second-order valence-corrected chi connectivity index (χ2v) is 5.90. The zero-order chi connectivity index (χ0) is 14.7. The van der Waals surface area contributed by atoms with Gasteiger partial charge in [0.05, 0.1) is 39.1 Å². The highest BCUT2D eigenvalue weighted by Gasteiger charge is 2.42. The van der Waals surface area contributed by atoms with E-state index in [0.717, 1.165) is 25.9 Å². The zero-order valence-electron chi connectivity index (χ0n) is 12.6. The molecule has 3 saturated heterocycles. The topological polar surface area (TPSA) is 78.5 Å². The van der Waals surface area contributed by atoms with Gasteiger partial charge in [0, 0.05) is 25.9 Å². The average molecular weight is 299 g/mol. The van der Waals surface area contributed by atoms with Gasteiger partial charge in [0.1, 0.15) is 6.10 Å². The number of nitrogens with two attached hydrogens (primary N) is 1. The van der Waals surface area contributed by atoms with Crippen molar-refractivity contribution in [2.24, 2.45) is 10.7 Å². The lowest BCUT2D eigenvalue weighted by Gasteiger charge is -2.32. The summed E-state index contributed by atoms with van der Waals surface area (Å²) in [5.41, 5.74) is 6.06. The number of guanidine groups is 1. The van der Waals surface area contributed by atoms with E-state index in [1.165, 1.54) is 0 Å². The van der Waals surface area contributed by atoms with Crippen LogP contribution in [0.3, 0.4) is 0 Å². The summed E-state index contributed by atoms with van der Waals surface area (Å²) in [4.78, 5) is 6.53. The first-order valence-electron chi connectivity index (χ1n) is 7.73. The maximum atomic E-state index is 6.06. The summed E-state index contributed by atoms with van der Waals surface area (Å²) in [5.74, 6) is 0.127. The second-order valence-electron chi connectivity index (χ2n) is 5.90. The molecule has 1 spiro atoms. The van der Waals surface area contributed by atoms with Crippen molar-refractivity contribution in [1.82, 2.24) is 4.90 Å². The maximum absolute atomic E-state index is 6.06. The first-order valence-corrected chi connectivity index (χ1v) is 7.73. The predicted octanol–water partition coefficient (Wildman–Crippen LogP) is -0.0561. The minimum atomic E-state index is -0.444. The van der Waals surface area contributed by atoms with E-state index in [1.807, 2.05) is 6.92 Å². The maximum Gasteiger partial charge on any atom is 0.191 e. The van der Waals surface area contributed by atoms with Gasteiger partial charge in [-0.3, -0.25) is 4.99 Å². The molecular weight excluding hydrogens is 274 g/mol. The van der Waals surface area contributed by atoms with Crippen molar-refractivity contribution in [3.63, 3.8) is 0 Å². The van der Waals surface area contributed by atoms with Crippen LogP contribution in [0.5, 0.6) is 0 Å². The molecule has 7 heteroatoms. The molecule has 7 nitrogen and oxygen atoms in total. The third-order valence-electron chi connectivity index (χ3n) is 4.19. The fourth-order valence-electron chi connectivity index (χ4n) is 2.97. The Morgan fingerprint density at radius 3 is 2.90 bits per heavy atom. The van der Waals surface area contributed by atoms with Crippen molar-refractivity contribution in [2.75, 3.05) is 46.1 Å². The van der Waals surface area contributed by atoms with E-state index in [-0.39, 0.29) is 12.2 Å². The Kier molecular flexibility index (Phi) is 4.63. The number of rotatable bonds is 2. The first-order chi connectivity index (χ1) is 10.2. The van der Waals surface area contributed by atoms with Crippen LogP contribution in [0.1, 0.15) is 19.8 Å². The SMILES string of the molecule is CC1CN(C(N)=NCC2COC3(CCOCC3)O2)CCO1. The molecule has 120 valence electrons. The van der Waals surface area contributed by atoms with E-state index in [1.54, 1.807) is 0 Å². The van der Waals surface area contributed by atoms with Gasteiger partial charge in [0.25, 0.3) is 0 Å². The molecule has 0 aromatic heterocycles. The Bertz CT molecular complexity index is 384. The first kappa shape index (κ1) is 15.0. The molecular formula is C14H25N3O4. The van der Waals surface area contributed by atoms with Gasteiger partial charge >= 0.3 is 0 Å². The number of nitrogens with zero attached hydrogens (tertiary/aromatic N) is 2. The molecule has 0 aromatic rings. The summed E-state index contributed by atoms with van der Waals surface area (Å²) in [6.45, 7) is 6.84. The van der Waals surface area contributed by atoms with E-state index in [0.29, 0.717) is 38.9 Å². The minimum absolute atomic E-state index is 0.0138. The zero-order valence-corrected chi connectivity index (χ0v) is 12.6. The third-order valence-corrected chi connectivity index (χ3v) is 4.19. The van der Waals surface area contributed by atoms with Crippen LogP contribution < -0.4 is 5.73 Å². The molecule has 2 N–H and O–H groups in total. The summed E-state index contributed by atoms with van der Waals surface area (Å²) in [6.07, 6.45) is 1.78. The third kappa shape index (κ3) is 3.66. The monoisotopic (exact) mass is 299 g/mol. The quantitative estimate of drug-likeness (QED) is 0.569. The van der Waals surface area contributed by atoms with Crippen LogP contribution in [0, 0.1) is 0 Å². The average Bonchev–Trinajstić information content (AvgIpc) is 2.88. The fourth-order valence-corrected chi connectivity index (χ4v) is 2.97. The van der Waals surface area contributed by atoms with Crippen molar-refractivity contribution >= 4 is 5.96 Å². The van der Waals surface area contributed by atoms with Gasteiger partial charge in [-0.1, -0.05) is 0 Å². The molecule has 0 bridgehead atoms. The smallest absolute Gasteiger partial charge is 0.191 e. The number of ether oxygens (including phenoxy) is 4. The highest BCUT2D eigenvalue weighted by molar-refractivity contribution is 5.78. The number of hydrogen-bond acceptors (Lipinski definition) is 5. The lowest BCUT2D eigenvalue weighted by Crippen LogP contribution is -2.48. The van der Waals surface area contributed by atoms with Gasteiger partial charge in [-0.15, -0.1) is 0 Å². The Morgan fingerprint density at radius 2 is 2.14 bits per heavy atom. The van der Waals surface area contributed by atoms with Gasteiger partial charge in [-0.05, 0) is 6.92 Å². The van der Waals surface area contributed by atoms with E-state index in [4.69, 9.17) is 24.7 Å². The normalized spacial score (nSPS) is 33.6. The molecule has 3 heterocycles. The van der Waals surface area contributed by atoms with Crippen LogP contribution in [-0.2, 0) is 18.9 Å². The summed E-state index contributed by atoms with van der Waals surface area (Å²) < 4.78 is 22.7. The summed E-state index contributed by atoms with van der Waals surface area (Å²) in [6, 6.07) is 0. The largest absolute Gasteiger partial charge is 0.381 e. The summed E-state index contributed by atoms with van der Waals surface area (Å²) >= 11 is 0. The standard InChI is InChI=1S/C14H25N3O4/c1-11-9-17(4-7-19-11)13(15)16-8-12-10-20-14(21-12)2-5-18-6-3-14/h11-12H,2-10H2,1H3,(H2,15,16). The number of morpholine rings is 1. The molecule has 3 aliphatic heterocycles. The Morgan fingerprint density at radius 1 is 1.33 bits per heavy atom. The Labute approximate surface area is 125 Å². The van der Waals surface area contributed by atoms with Crippen LogP contribution in [0.4, 0.5) is 0 Å². The minimum Gasteiger partial charge on any atom is -0.381 e. The van der Waals surface area contributed by atoms with Crippen molar-refractivity contribution < 1.29 is 18.9 Å². The summed E-state index contributed by atoms with van der Waals surface area (Å²) in [7, 11) is 0. The van der Waals surface area contributed by atoms with E-state index >= 15 is 0 Å². The van der Waals surface area contributed by atoms with Crippen molar-refractivity contribution in [1.29, 1.82) is 0 Å². The van der Waals surface area contributed by atoms with Crippen molar-refractivity contribution in [2.45, 2.75) is 37.8 Å². The van der Waals surface area contributed by atoms with Gasteiger partial charge in [0.15, 0.2) is 11.7 Å². The van der Waals surface area contributed by atoms with E-state index in [2.05, 4.69) is 9.89 Å². The van der Waals surface area contributed by atoms with E-state index in [9.17, 15) is 0 Å². The molecule has 3 rings (SSSR count). The molecule has 3 fully saturated rings. The summed E-state index contributed by atoms with van der Waals surface area (Å²) in [5, 5.41) is 0. The molecule has 0 amide bonds. The molecule has 0 aliphatic carbocycles.